The van der Waals surface area contributed by atoms with Crippen molar-refractivity contribution in [3.05, 3.63) is 61.3 Å². The summed E-state index contributed by atoms with van der Waals surface area (Å²) >= 11 is 9.00. The van der Waals surface area contributed by atoms with E-state index >= 15 is 0 Å². The Balaban J connectivity index is 2.49. The van der Waals surface area contributed by atoms with Gasteiger partial charge in [-0.2, -0.15) is 8.78 Å². The molecule has 5 nitrogen and oxygen atoms in total. The summed E-state index contributed by atoms with van der Waals surface area (Å²) in [4.78, 5) is 10.4. The molecule has 0 radical (unpaired) electrons. The molecular weight excluding hydrogens is 441 g/mol. The molecule has 0 saturated carbocycles. The van der Waals surface area contributed by atoms with Gasteiger partial charge in [0, 0.05) is 10.0 Å². The summed E-state index contributed by atoms with van der Waals surface area (Å²) in [6.07, 6.45) is 0.369. The molecule has 0 heterocycles. The van der Waals surface area contributed by atoms with Crippen molar-refractivity contribution in [3.8, 4) is 5.75 Å². The quantitative estimate of drug-likeness (QED) is 0.394. The lowest BCUT2D eigenvalue weighted by molar-refractivity contribution is -0.384. The average Bonchev–Trinajstić information content (AvgIpc) is 2.55. The maximum absolute atomic E-state index is 13.6. The second kappa shape index (κ2) is 8.59. The van der Waals surface area contributed by atoms with Gasteiger partial charge in [-0.1, -0.05) is 40.5 Å². The molecule has 0 unspecified atom stereocenters. The topological polar surface area (TPSA) is 64.4 Å². The standard InChI is InChI=1S/C16H13BrClF3N2O3/c1-2-11(15-8(17)4-3-5-14(15)26-16(20)21)22-12-6-9(18)10(19)7-13(12)23(24)25/h3-7,11,16,22H,2H2,1H3/t11-/m1/s1. The number of alkyl halides is 2. The molecular formula is C16H13BrClF3N2O3. The first-order valence-electron chi connectivity index (χ1n) is 7.37. The lowest BCUT2D eigenvalue weighted by Gasteiger charge is -2.23. The zero-order valence-corrected chi connectivity index (χ0v) is 15.7. The predicted molar refractivity (Wildman–Crippen MR) is 95.5 cm³/mol. The van der Waals surface area contributed by atoms with E-state index in [1.165, 1.54) is 12.1 Å². The van der Waals surface area contributed by atoms with E-state index in [2.05, 4.69) is 26.0 Å². The number of nitro groups is 1. The van der Waals surface area contributed by atoms with Crippen molar-refractivity contribution < 1.29 is 22.8 Å². The fourth-order valence-corrected chi connectivity index (χ4v) is 3.21. The highest BCUT2D eigenvalue weighted by atomic mass is 79.9. The van der Waals surface area contributed by atoms with Crippen molar-refractivity contribution in [1.29, 1.82) is 0 Å². The van der Waals surface area contributed by atoms with Gasteiger partial charge in [0.05, 0.1) is 22.1 Å². The first-order chi connectivity index (χ1) is 12.2. The van der Waals surface area contributed by atoms with Gasteiger partial charge in [0.2, 0.25) is 0 Å². The smallest absolute Gasteiger partial charge is 0.387 e. The third-order valence-corrected chi connectivity index (χ3v) is 4.53. The number of hydrogen-bond acceptors (Lipinski definition) is 4. The number of rotatable bonds is 7. The van der Waals surface area contributed by atoms with Gasteiger partial charge in [-0.25, -0.2) is 4.39 Å². The highest BCUT2D eigenvalue weighted by Crippen LogP contribution is 2.39. The molecule has 26 heavy (non-hydrogen) atoms. The number of nitrogens with one attached hydrogen (secondary N) is 1. The predicted octanol–water partition coefficient (Wildman–Crippen LogP) is 6.31. The van der Waals surface area contributed by atoms with E-state index in [-0.39, 0.29) is 16.5 Å². The second-order valence-electron chi connectivity index (χ2n) is 5.18. The van der Waals surface area contributed by atoms with E-state index in [1.54, 1.807) is 13.0 Å². The van der Waals surface area contributed by atoms with Gasteiger partial charge < -0.3 is 10.1 Å². The van der Waals surface area contributed by atoms with E-state index in [4.69, 9.17) is 11.6 Å². The van der Waals surface area contributed by atoms with Crippen LogP contribution in [0, 0.1) is 15.9 Å². The number of nitrogens with zero attached hydrogens (tertiary/aromatic N) is 1. The van der Waals surface area contributed by atoms with E-state index in [0.717, 1.165) is 6.07 Å². The zero-order chi connectivity index (χ0) is 19.4. The van der Waals surface area contributed by atoms with Crippen LogP contribution in [0.1, 0.15) is 24.9 Å². The normalized spacial score (nSPS) is 12.1. The molecule has 10 heteroatoms. The summed E-state index contributed by atoms with van der Waals surface area (Å²) < 4.78 is 44.0. The number of hydrogen-bond donors (Lipinski definition) is 1. The molecule has 0 fully saturated rings. The van der Waals surface area contributed by atoms with Gasteiger partial charge in [0.1, 0.15) is 17.3 Å². The van der Waals surface area contributed by atoms with Crippen LogP contribution >= 0.6 is 27.5 Å². The van der Waals surface area contributed by atoms with E-state index in [1.807, 2.05) is 0 Å². The van der Waals surface area contributed by atoms with Crippen molar-refractivity contribution in [1.82, 2.24) is 0 Å². The Bertz CT molecular complexity index is 824. The zero-order valence-electron chi connectivity index (χ0n) is 13.3. The SMILES string of the molecule is CC[C@@H](Nc1cc(Cl)c(F)cc1[N+](=O)[O-])c1c(Br)cccc1OC(F)F. The van der Waals surface area contributed by atoms with Crippen LogP contribution in [0.2, 0.25) is 5.02 Å². The molecule has 1 atom stereocenters. The fourth-order valence-electron chi connectivity index (χ4n) is 2.42. The Labute approximate surface area is 160 Å². The van der Waals surface area contributed by atoms with Crippen LogP contribution in [0.5, 0.6) is 5.75 Å². The molecule has 0 aliphatic carbocycles. The highest BCUT2D eigenvalue weighted by Gasteiger charge is 2.24. The van der Waals surface area contributed by atoms with Crippen molar-refractivity contribution >= 4 is 38.9 Å². The Morgan fingerprint density at radius 2 is 2.08 bits per heavy atom. The van der Waals surface area contributed by atoms with Crippen molar-refractivity contribution in [3.63, 3.8) is 0 Å². The van der Waals surface area contributed by atoms with Crippen molar-refractivity contribution in [2.45, 2.75) is 26.0 Å². The minimum Gasteiger partial charge on any atom is -0.434 e. The van der Waals surface area contributed by atoms with Crippen LogP contribution in [-0.2, 0) is 0 Å². The summed E-state index contributed by atoms with van der Waals surface area (Å²) in [5.74, 6) is -1.01. The average molecular weight is 454 g/mol. The molecule has 2 aromatic carbocycles. The minimum absolute atomic E-state index is 0.0352. The molecule has 0 aromatic heterocycles. The summed E-state index contributed by atoms with van der Waals surface area (Å²) in [6.45, 7) is -1.28. The maximum atomic E-state index is 13.6. The largest absolute Gasteiger partial charge is 0.434 e. The Kier molecular flexibility index (Phi) is 6.71. The van der Waals surface area contributed by atoms with Crippen LogP contribution in [0.4, 0.5) is 24.5 Å². The fraction of sp³-hybridized carbons (Fsp3) is 0.250. The Hall–Kier alpha value is -2.00. The first-order valence-corrected chi connectivity index (χ1v) is 8.54. The number of nitro benzene ring substituents is 1. The Morgan fingerprint density at radius 3 is 2.65 bits per heavy atom. The van der Waals surface area contributed by atoms with Gasteiger partial charge in [0.25, 0.3) is 5.69 Å². The van der Waals surface area contributed by atoms with Crippen LogP contribution in [-0.4, -0.2) is 11.5 Å². The monoisotopic (exact) mass is 452 g/mol. The minimum atomic E-state index is -3.03. The summed E-state index contributed by atoms with van der Waals surface area (Å²) in [5, 5.41) is 13.8. The van der Waals surface area contributed by atoms with Gasteiger partial charge >= 0.3 is 6.61 Å². The summed E-state index contributed by atoms with van der Waals surface area (Å²) in [6, 6.07) is 5.66. The molecule has 0 bridgehead atoms. The lowest BCUT2D eigenvalue weighted by Crippen LogP contribution is -2.15. The first kappa shape index (κ1) is 20.3. The Morgan fingerprint density at radius 1 is 1.38 bits per heavy atom. The lowest BCUT2D eigenvalue weighted by atomic mass is 10.0. The molecule has 140 valence electrons. The molecule has 0 aliphatic rings. The van der Waals surface area contributed by atoms with Gasteiger partial charge in [-0.3, -0.25) is 10.1 Å². The molecule has 2 rings (SSSR count). The van der Waals surface area contributed by atoms with Gasteiger partial charge in [-0.05, 0) is 24.6 Å². The summed E-state index contributed by atoms with van der Waals surface area (Å²) in [7, 11) is 0. The van der Waals surface area contributed by atoms with Gasteiger partial charge in [0.15, 0.2) is 0 Å². The number of ether oxygens (including phenoxy) is 1. The van der Waals surface area contributed by atoms with Crippen molar-refractivity contribution in [2.24, 2.45) is 0 Å². The molecule has 0 amide bonds. The number of halogens is 5. The highest BCUT2D eigenvalue weighted by molar-refractivity contribution is 9.10. The van der Waals surface area contributed by atoms with Crippen LogP contribution in [0.25, 0.3) is 0 Å². The molecule has 0 aliphatic heterocycles. The third-order valence-electron chi connectivity index (χ3n) is 3.55. The third kappa shape index (κ3) is 4.59. The molecule has 0 saturated heterocycles. The second-order valence-corrected chi connectivity index (χ2v) is 6.44. The molecule has 0 spiro atoms. The number of anilines is 1. The van der Waals surface area contributed by atoms with Gasteiger partial charge in [-0.15, -0.1) is 0 Å². The van der Waals surface area contributed by atoms with Crippen LogP contribution < -0.4 is 10.1 Å². The summed E-state index contributed by atoms with van der Waals surface area (Å²) in [5.41, 5.74) is -0.203. The molecule has 1 N–H and O–H groups in total. The van der Waals surface area contributed by atoms with Crippen LogP contribution in [0.3, 0.4) is 0 Å². The van der Waals surface area contributed by atoms with E-state index in [9.17, 15) is 23.3 Å². The molecule has 2 aromatic rings. The van der Waals surface area contributed by atoms with E-state index in [0.29, 0.717) is 22.5 Å². The van der Waals surface area contributed by atoms with Crippen molar-refractivity contribution in [2.75, 3.05) is 5.32 Å². The van der Waals surface area contributed by atoms with E-state index < -0.39 is 29.1 Å². The number of benzene rings is 2. The maximum Gasteiger partial charge on any atom is 0.387 e. The van der Waals surface area contributed by atoms with Crippen LogP contribution in [0.15, 0.2) is 34.8 Å².